The van der Waals surface area contributed by atoms with Crippen LogP contribution in [0.2, 0.25) is 0 Å². The molecule has 0 aliphatic carbocycles. The van der Waals surface area contributed by atoms with Crippen molar-refractivity contribution < 1.29 is 9.59 Å². The first-order chi connectivity index (χ1) is 13.5. The molecule has 1 atom stereocenters. The van der Waals surface area contributed by atoms with Crippen LogP contribution in [-0.2, 0) is 16.6 Å². The number of aliphatic imine (C=N–C) groups is 1. The maximum atomic E-state index is 13.2. The van der Waals surface area contributed by atoms with Crippen LogP contribution < -0.4 is 10.4 Å². The van der Waals surface area contributed by atoms with E-state index < -0.39 is 0 Å². The highest BCUT2D eigenvalue weighted by molar-refractivity contribution is 6.39. The summed E-state index contributed by atoms with van der Waals surface area (Å²) in [5.74, 6) is -0.169. The molecule has 2 amide bonds. The number of rotatable bonds is 3. The monoisotopic (exact) mass is 380 g/mol. The highest BCUT2D eigenvalue weighted by Gasteiger charge is 2.34. The SMILES string of the molecule is Cc1ccc(N2NC(C(=O)N3CCCCC3c3cnn(C)c3)=NCC2=O)cc1. The van der Waals surface area contributed by atoms with E-state index >= 15 is 0 Å². The summed E-state index contributed by atoms with van der Waals surface area (Å²) in [5.41, 5.74) is 5.76. The molecular weight excluding hydrogens is 356 g/mol. The molecule has 3 heterocycles. The zero-order chi connectivity index (χ0) is 19.7. The van der Waals surface area contributed by atoms with Gasteiger partial charge in [-0.25, -0.2) is 5.01 Å². The largest absolute Gasteiger partial charge is 0.329 e. The predicted octanol–water partition coefficient (Wildman–Crippen LogP) is 1.73. The van der Waals surface area contributed by atoms with Gasteiger partial charge in [0.05, 0.1) is 17.9 Å². The van der Waals surface area contributed by atoms with Crippen LogP contribution in [-0.4, -0.2) is 45.4 Å². The van der Waals surface area contributed by atoms with Crippen LogP contribution in [0.5, 0.6) is 0 Å². The second-order valence-electron chi connectivity index (χ2n) is 7.30. The first-order valence-corrected chi connectivity index (χ1v) is 9.53. The van der Waals surface area contributed by atoms with Crippen molar-refractivity contribution in [2.45, 2.75) is 32.2 Å². The number of aryl methyl sites for hydroxylation is 2. The molecule has 1 saturated heterocycles. The van der Waals surface area contributed by atoms with E-state index in [9.17, 15) is 9.59 Å². The number of likely N-dealkylation sites (tertiary alicyclic amines) is 1. The van der Waals surface area contributed by atoms with Crippen molar-refractivity contribution in [3.8, 4) is 0 Å². The number of anilines is 1. The molecule has 0 spiro atoms. The Kier molecular flexibility index (Phi) is 4.85. The smallest absolute Gasteiger partial charge is 0.291 e. The number of hydrogen-bond donors (Lipinski definition) is 1. The van der Waals surface area contributed by atoms with E-state index in [1.807, 2.05) is 55.5 Å². The summed E-state index contributed by atoms with van der Waals surface area (Å²) in [6.07, 6.45) is 6.68. The highest BCUT2D eigenvalue weighted by Crippen LogP contribution is 2.31. The molecule has 1 aromatic carbocycles. The van der Waals surface area contributed by atoms with Crippen molar-refractivity contribution in [3.63, 3.8) is 0 Å². The fraction of sp³-hybridized carbons (Fsp3) is 0.400. The van der Waals surface area contributed by atoms with E-state index in [4.69, 9.17) is 0 Å². The van der Waals surface area contributed by atoms with Gasteiger partial charge in [0.25, 0.3) is 11.8 Å². The van der Waals surface area contributed by atoms with Crippen LogP contribution in [0.15, 0.2) is 41.7 Å². The van der Waals surface area contributed by atoms with Gasteiger partial charge in [0.2, 0.25) is 5.84 Å². The number of aromatic nitrogens is 2. The fourth-order valence-electron chi connectivity index (χ4n) is 3.71. The Morgan fingerprint density at radius 1 is 1.21 bits per heavy atom. The van der Waals surface area contributed by atoms with E-state index in [2.05, 4.69) is 15.5 Å². The number of nitrogens with one attached hydrogen (secondary N) is 1. The fourth-order valence-corrected chi connectivity index (χ4v) is 3.71. The van der Waals surface area contributed by atoms with Crippen LogP contribution in [0.3, 0.4) is 0 Å². The van der Waals surface area contributed by atoms with Gasteiger partial charge < -0.3 is 4.90 Å². The summed E-state index contributed by atoms with van der Waals surface area (Å²) in [4.78, 5) is 31.6. The third-order valence-electron chi connectivity index (χ3n) is 5.21. The van der Waals surface area contributed by atoms with Crippen LogP contribution in [0.1, 0.15) is 36.4 Å². The third-order valence-corrected chi connectivity index (χ3v) is 5.21. The van der Waals surface area contributed by atoms with Crippen LogP contribution in [0, 0.1) is 6.92 Å². The zero-order valence-electron chi connectivity index (χ0n) is 16.1. The second-order valence-corrected chi connectivity index (χ2v) is 7.30. The number of carbonyl (C=O) groups is 2. The topological polar surface area (TPSA) is 82.8 Å². The Morgan fingerprint density at radius 2 is 2.00 bits per heavy atom. The van der Waals surface area contributed by atoms with Gasteiger partial charge in [-0.1, -0.05) is 17.7 Å². The molecule has 1 fully saturated rings. The minimum absolute atomic E-state index is 0.0232. The Balaban J connectivity index is 1.56. The number of amides is 2. The Hall–Kier alpha value is -3.16. The van der Waals surface area contributed by atoms with Gasteiger partial charge in [-0.05, 0) is 38.3 Å². The molecule has 146 valence electrons. The lowest BCUT2D eigenvalue weighted by Gasteiger charge is -2.37. The Morgan fingerprint density at radius 3 is 2.71 bits per heavy atom. The van der Waals surface area contributed by atoms with Gasteiger partial charge in [-0.3, -0.25) is 24.7 Å². The quantitative estimate of drug-likeness (QED) is 0.879. The lowest BCUT2D eigenvalue weighted by atomic mass is 9.97. The average molecular weight is 380 g/mol. The Labute approximate surface area is 163 Å². The van der Waals surface area contributed by atoms with Crippen molar-refractivity contribution in [2.75, 3.05) is 18.1 Å². The van der Waals surface area contributed by atoms with Gasteiger partial charge in [-0.15, -0.1) is 0 Å². The first kappa shape index (κ1) is 18.2. The van der Waals surface area contributed by atoms with Gasteiger partial charge in [-0.2, -0.15) is 5.10 Å². The van der Waals surface area contributed by atoms with E-state index in [-0.39, 0.29) is 30.2 Å². The Bertz CT molecular complexity index is 917. The molecule has 2 aliphatic rings. The lowest BCUT2D eigenvalue weighted by Crippen LogP contribution is -2.57. The molecule has 0 saturated carbocycles. The van der Waals surface area contributed by atoms with E-state index in [0.717, 1.165) is 30.4 Å². The molecule has 8 nitrogen and oxygen atoms in total. The normalized spacial score (nSPS) is 20.0. The number of benzene rings is 1. The minimum Gasteiger partial charge on any atom is -0.329 e. The lowest BCUT2D eigenvalue weighted by molar-refractivity contribution is -0.128. The van der Waals surface area contributed by atoms with Gasteiger partial charge in [0.15, 0.2) is 0 Å². The number of amidine groups is 1. The molecule has 0 radical (unpaired) electrons. The maximum Gasteiger partial charge on any atom is 0.291 e. The molecule has 1 aromatic heterocycles. The van der Waals surface area contributed by atoms with Crippen molar-refractivity contribution in [2.24, 2.45) is 12.0 Å². The summed E-state index contributed by atoms with van der Waals surface area (Å²) in [5, 5.41) is 5.65. The molecule has 8 heteroatoms. The molecule has 1 N–H and O–H groups in total. The molecule has 2 aliphatic heterocycles. The molecule has 28 heavy (non-hydrogen) atoms. The number of hydrazine groups is 1. The van der Waals surface area contributed by atoms with E-state index in [0.29, 0.717) is 12.2 Å². The predicted molar refractivity (Wildman–Crippen MR) is 106 cm³/mol. The minimum atomic E-state index is -0.192. The standard InChI is InChI=1S/C20H24N6O2/c1-14-6-8-16(9-7-14)26-18(27)12-21-19(23-26)20(28)25-10-4-3-5-17(25)15-11-22-24(2)13-15/h6-9,11,13,17H,3-5,10,12H2,1-2H3,(H,21,23). The van der Waals surface area contributed by atoms with E-state index in [1.54, 1.807) is 4.68 Å². The van der Waals surface area contributed by atoms with Crippen LogP contribution >= 0.6 is 0 Å². The van der Waals surface area contributed by atoms with Crippen molar-refractivity contribution in [3.05, 3.63) is 47.8 Å². The number of nitrogens with zero attached hydrogens (tertiary/aromatic N) is 5. The summed E-state index contributed by atoms with van der Waals surface area (Å²) >= 11 is 0. The summed E-state index contributed by atoms with van der Waals surface area (Å²) in [6, 6.07) is 7.55. The molecular formula is C20H24N6O2. The van der Waals surface area contributed by atoms with Crippen LogP contribution in [0.25, 0.3) is 0 Å². The molecule has 1 unspecified atom stereocenters. The van der Waals surface area contributed by atoms with Gasteiger partial charge in [0, 0.05) is 25.4 Å². The van der Waals surface area contributed by atoms with E-state index in [1.165, 1.54) is 5.01 Å². The zero-order valence-corrected chi connectivity index (χ0v) is 16.1. The summed E-state index contributed by atoms with van der Waals surface area (Å²) in [7, 11) is 1.87. The third kappa shape index (κ3) is 3.49. The molecule has 0 bridgehead atoms. The van der Waals surface area contributed by atoms with Gasteiger partial charge in [0.1, 0.15) is 6.54 Å². The summed E-state index contributed by atoms with van der Waals surface area (Å²) < 4.78 is 1.75. The van der Waals surface area contributed by atoms with Gasteiger partial charge >= 0.3 is 0 Å². The van der Waals surface area contributed by atoms with Crippen molar-refractivity contribution in [1.29, 1.82) is 0 Å². The second kappa shape index (κ2) is 7.46. The first-order valence-electron chi connectivity index (χ1n) is 9.53. The van der Waals surface area contributed by atoms with Crippen molar-refractivity contribution in [1.82, 2.24) is 20.1 Å². The summed E-state index contributed by atoms with van der Waals surface area (Å²) in [6.45, 7) is 2.60. The highest BCUT2D eigenvalue weighted by atomic mass is 16.2. The maximum absolute atomic E-state index is 13.2. The average Bonchev–Trinajstić information content (AvgIpc) is 3.15. The number of hydrogen-bond acceptors (Lipinski definition) is 5. The number of piperidine rings is 1. The molecule has 4 rings (SSSR count). The van der Waals surface area contributed by atoms with Crippen LogP contribution in [0.4, 0.5) is 5.69 Å². The van der Waals surface area contributed by atoms with Crippen molar-refractivity contribution >= 4 is 23.3 Å². The molecule has 2 aromatic rings. The number of carbonyl (C=O) groups excluding carboxylic acids is 2.